The molecule has 0 bridgehead atoms. The van der Waals surface area contributed by atoms with Gasteiger partial charge in [-0.3, -0.25) is 14.6 Å². The predicted molar refractivity (Wildman–Crippen MR) is 136 cm³/mol. The fraction of sp³-hybridized carbons (Fsp3) is 0.393. The second-order valence-electron chi connectivity index (χ2n) is 8.84. The van der Waals surface area contributed by atoms with Crippen molar-refractivity contribution in [2.24, 2.45) is 0 Å². The molecular weight excluding hydrogens is 432 g/mol. The Morgan fingerprint density at radius 3 is 2.48 bits per heavy atom. The maximum Gasteiger partial charge on any atom is 0.179 e. The van der Waals surface area contributed by atoms with E-state index in [-0.39, 0.29) is 11.8 Å². The second-order valence-corrected chi connectivity index (χ2v) is 9.22. The fourth-order valence-corrected chi connectivity index (χ4v) is 5.04. The molecule has 5 heteroatoms. The summed E-state index contributed by atoms with van der Waals surface area (Å²) < 4.78 is 5.33. The highest BCUT2D eigenvalue weighted by molar-refractivity contribution is 6.37. The van der Waals surface area contributed by atoms with Crippen molar-refractivity contribution in [1.29, 1.82) is 0 Å². The number of carbonyl (C=O) groups is 1. The Morgan fingerprint density at radius 2 is 1.79 bits per heavy atom. The van der Waals surface area contributed by atoms with Crippen LogP contribution in [0.1, 0.15) is 42.1 Å². The van der Waals surface area contributed by atoms with Crippen LogP contribution in [0.5, 0.6) is 5.75 Å². The fourth-order valence-electron chi connectivity index (χ4n) is 4.73. The van der Waals surface area contributed by atoms with Gasteiger partial charge in [0.1, 0.15) is 5.75 Å². The summed E-state index contributed by atoms with van der Waals surface area (Å²) in [6, 6.07) is 20.2. The van der Waals surface area contributed by atoms with Crippen LogP contribution in [0.15, 0.2) is 60.7 Å². The van der Waals surface area contributed by atoms with Gasteiger partial charge in [0.2, 0.25) is 0 Å². The van der Waals surface area contributed by atoms with Crippen molar-refractivity contribution in [2.45, 2.75) is 38.8 Å². The van der Waals surface area contributed by atoms with Crippen LogP contribution in [0, 0.1) is 0 Å². The molecule has 1 heterocycles. The number of Topliss-reactive ketones (excluding diaryl/α,β-unsaturated/α-hetero) is 1. The zero-order chi connectivity index (χ0) is 23.2. The molecule has 0 unspecified atom stereocenters. The van der Waals surface area contributed by atoms with Crippen LogP contribution in [0.2, 0.25) is 5.02 Å². The monoisotopic (exact) mass is 464 g/mol. The lowest BCUT2D eigenvalue weighted by Gasteiger charge is -2.39. The number of piperazine rings is 1. The molecule has 0 spiro atoms. The van der Waals surface area contributed by atoms with Gasteiger partial charge >= 0.3 is 0 Å². The largest absolute Gasteiger partial charge is 0.495 e. The quantitative estimate of drug-likeness (QED) is 0.360. The molecule has 0 saturated carbocycles. The van der Waals surface area contributed by atoms with Crippen LogP contribution < -0.4 is 4.74 Å². The minimum absolute atomic E-state index is 0.0741. The third kappa shape index (κ3) is 5.57. The molecular formula is C28H33ClN2O2. The van der Waals surface area contributed by atoms with E-state index in [2.05, 4.69) is 47.1 Å². The smallest absolute Gasteiger partial charge is 0.179 e. The number of unbranched alkanes of at least 4 members (excludes halogenated alkanes) is 1. The van der Waals surface area contributed by atoms with Gasteiger partial charge in [-0.1, -0.05) is 79.9 Å². The lowest BCUT2D eigenvalue weighted by molar-refractivity contribution is 0.0628. The molecule has 4 rings (SSSR count). The zero-order valence-electron chi connectivity index (χ0n) is 19.6. The van der Waals surface area contributed by atoms with Gasteiger partial charge in [0.25, 0.3) is 0 Å². The number of carbonyl (C=O) groups excluding carboxylic acids is 1. The molecule has 0 aromatic heterocycles. The number of hydrogen-bond donors (Lipinski definition) is 0. The number of fused-ring (bicyclic) bond motifs is 1. The van der Waals surface area contributed by atoms with Gasteiger partial charge in [-0.15, -0.1) is 0 Å². The van der Waals surface area contributed by atoms with E-state index in [0.29, 0.717) is 10.8 Å². The lowest BCUT2D eigenvalue weighted by atomic mass is 9.95. The van der Waals surface area contributed by atoms with Gasteiger partial charge in [0.05, 0.1) is 18.2 Å². The highest BCUT2D eigenvalue weighted by Crippen LogP contribution is 2.33. The molecule has 174 valence electrons. The molecule has 1 fully saturated rings. The van der Waals surface area contributed by atoms with Crippen molar-refractivity contribution in [2.75, 3.05) is 33.3 Å². The molecule has 3 aromatic rings. The Labute approximate surface area is 202 Å². The third-order valence-electron chi connectivity index (χ3n) is 6.65. The summed E-state index contributed by atoms with van der Waals surface area (Å²) in [7, 11) is 1.61. The number of ether oxygens (including phenoxy) is 1. The summed E-state index contributed by atoms with van der Waals surface area (Å²) in [6.07, 6.45) is 3.04. The Morgan fingerprint density at radius 1 is 1.03 bits per heavy atom. The van der Waals surface area contributed by atoms with Crippen LogP contribution in [-0.2, 0) is 6.54 Å². The van der Waals surface area contributed by atoms with Gasteiger partial charge in [-0.2, -0.15) is 0 Å². The van der Waals surface area contributed by atoms with E-state index >= 15 is 0 Å². The first kappa shape index (κ1) is 23.7. The summed E-state index contributed by atoms with van der Waals surface area (Å²) in [5, 5.41) is 2.46. The summed E-state index contributed by atoms with van der Waals surface area (Å²) in [5.74, 6) is 0.867. The van der Waals surface area contributed by atoms with E-state index in [1.54, 1.807) is 7.11 Å². The lowest BCUT2D eigenvalue weighted by Crippen LogP contribution is -2.52. The van der Waals surface area contributed by atoms with Crippen molar-refractivity contribution >= 4 is 28.2 Å². The summed E-state index contributed by atoms with van der Waals surface area (Å²) in [4.78, 5) is 18.5. The highest BCUT2D eigenvalue weighted by atomic mass is 35.5. The van der Waals surface area contributed by atoms with Crippen LogP contribution in [0.3, 0.4) is 0 Å². The van der Waals surface area contributed by atoms with Gasteiger partial charge < -0.3 is 4.74 Å². The maximum atomic E-state index is 13.7. The summed E-state index contributed by atoms with van der Waals surface area (Å²) in [6.45, 7) is 6.96. The van der Waals surface area contributed by atoms with Gasteiger partial charge in [-0.05, 0) is 29.5 Å². The van der Waals surface area contributed by atoms with Crippen molar-refractivity contribution in [3.05, 3.63) is 76.8 Å². The van der Waals surface area contributed by atoms with E-state index in [0.717, 1.165) is 68.3 Å². The number of nitrogens with zero attached hydrogens (tertiary/aromatic N) is 2. The van der Waals surface area contributed by atoms with E-state index < -0.39 is 0 Å². The number of rotatable bonds is 9. The number of hydrogen-bond acceptors (Lipinski definition) is 4. The average molecular weight is 465 g/mol. The zero-order valence-corrected chi connectivity index (χ0v) is 20.4. The number of benzene rings is 3. The first-order chi connectivity index (χ1) is 16.1. The van der Waals surface area contributed by atoms with Gasteiger partial charge in [0, 0.05) is 43.7 Å². The Hall–Kier alpha value is -2.40. The molecule has 4 nitrogen and oxygen atoms in total. The average Bonchev–Trinajstić information content (AvgIpc) is 2.86. The Kier molecular flexibility index (Phi) is 8.02. The molecule has 0 aliphatic carbocycles. The second kappa shape index (κ2) is 11.1. The normalized spacial score (nSPS) is 16.1. The van der Waals surface area contributed by atoms with Crippen LogP contribution >= 0.6 is 11.6 Å². The van der Waals surface area contributed by atoms with E-state index in [1.807, 2.05) is 30.3 Å². The Bertz CT molecular complexity index is 1080. The van der Waals surface area contributed by atoms with Crippen molar-refractivity contribution in [3.63, 3.8) is 0 Å². The molecule has 1 atom stereocenters. The summed E-state index contributed by atoms with van der Waals surface area (Å²) >= 11 is 6.48. The van der Waals surface area contributed by atoms with Crippen LogP contribution in [0.25, 0.3) is 10.8 Å². The summed E-state index contributed by atoms with van der Waals surface area (Å²) in [5.41, 5.74) is 2.10. The maximum absolute atomic E-state index is 13.7. The molecule has 1 aliphatic heterocycles. The molecule has 0 N–H and O–H groups in total. The molecule has 1 aliphatic rings. The van der Waals surface area contributed by atoms with Crippen LogP contribution in [0.4, 0.5) is 0 Å². The van der Waals surface area contributed by atoms with Crippen molar-refractivity contribution in [3.8, 4) is 5.75 Å². The number of methoxy groups -OCH3 is 1. The van der Waals surface area contributed by atoms with E-state index in [9.17, 15) is 4.79 Å². The van der Waals surface area contributed by atoms with E-state index in [1.165, 1.54) is 5.56 Å². The minimum Gasteiger partial charge on any atom is -0.495 e. The van der Waals surface area contributed by atoms with Crippen LogP contribution in [-0.4, -0.2) is 54.9 Å². The first-order valence-electron chi connectivity index (χ1n) is 11.9. The molecule has 3 aromatic carbocycles. The third-order valence-corrected chi connectivity index (χ3v) is 7.04. The van der Waals surface area contributed by atoms with Gasteiger partial charge in [0.15, 0.2) is 5.78 Å². The van der Waals surface area contributed by atoms with Crippen molar-refractivity contribution < 1.29 is 9.53 Å². The van der Waals surface area contributed by atoms with E-state index in [4.69, 9.17) is 16.3 Å². The molecule has 0 radical (unpaired) electrons. The van der Waals surface area contributed by atoms with Gasteiger partial charge in [-0.25, -0.2) is 0 Å². The topological polar surface area (TPSA) is 32.8 Å². The molecule has 1 saturated heterocycles. The van der Waals surface area contributed by atoms with Crippen molar-refractivity contribution in [1.82, 2.24) is 9.80 Å². The SMILES string of the molecule is CCCC[C@@H](C(=O)c1ccc2c(Cl)c(OC)ccc2c1)N1CCN(Cc2ccccc2)CC1. The molecule has 0 amide bonds. The number of halogens is 1. The highest BCUT2D eigenvalue weighted by Gasteiger charge is 2.29. The predicted octanol–water partition coefficient (Wildman–Crippen LogP) is 6.06. The first-order valence-corrected chi connectivity index (χ1v) is 12.3. The molecule has 33 heavy (non-hydrogen) atoms. The minimum atomic E-state index is -0.0741. The Balaban J connectivity index is 1.48. The standard InChI is InChI=1S/C28H33ClN2O2/c1-3-4-10-25(31-17-15-30(16-18-31)20-21-8-6-5-7-9-21)28(32)23-11-13-24-22(19-23)12-14-26(33-2)27(24)29/h5-9,11-14,19,25H,3-4,10,15-18,20H2,1-2H3/t25-/m0/s1. The number of ketones is 1.